The van der Waals surface area contributed by atoms with Crippen LogP contribution >= 0.6 is 27.7 Å². The van der Waals surface area contributed by atoms with E-state index in [0.717, 1.165) is 17.0 Å². The lowest BCUT2D eigenvalue weighted by atomic mass is 10.2. The second-order valence-electron chi connectivity index (χ2n) is 3.86. The number of anilines is 2. The van der Waals surface area contributed by atoms with Crippen molar-refractivity contribution in [2.45, 2.75) is 4.90 Å². The summed E-state index contributed by atoms with van der Waals surface area (Å²) in [5, 5.41) is 12.1. The Morgan fingerprint density at radius 1 is 1.30 bits per heavy atom. The molecule has 0 saturated carbocycles. The molecule has 6 heteroatoms. The molecular formula is C14H9BrF2N2S. The summed E-state index contributed by atoms with van der Waals surface area (Å²) in [6, 6.07) is 9.29. The molecule has 0 aliphatic rings. The number of nitrogens with zero attached hydrogens (tertiary/aromatic N) is 1. The van der Waals surface area contributed by atoms with Crippen LogP contribution in [0.1, 0.15) is 5.56 Å². The number of nitriles is 1. The van der Waals surface area contributed by atoms with Crippen molar-refractivity contribution < 1.29 is 8.78 Å². The normalized spacial score (nSPS) is 10.2. The molecule has 0 amide bonds. The highest BCUT2D eigenvalue weighted by Crippen LogP contribution is 2.33. The van der Waals surface area contributed by atoms with Gasteiger partial charge in [-0.05, 0) is 40.4 Å². The third-order valence-electron chi connectivity index (χ3n) is 2.62. The predicted molar refractivity (Wildman–Crippen MR) is 80.3 cm³/mol. The second kappa shape index (κ2) is 6.25. The molecule has 2 nitrogen and oxygen atoms in total. The van der Waals surface area contributed by atoms with Gasteiger partial charge in [0.15, 0.2) is 5.82 Å². The maximum Gasteiger partial charge on any atom is 0.150 e. The number of thioether (sulfide) groups is 1. The molecular weight excluding hydrogens is 346 g/mol. The zero-order valence-corrected chi connectivity index (χ0v) is 12.8. The summed E-state index contributed by atoms with van der Waals surface area (Å²) in [6.07, 6.45) is 1.86. The molecule has 0 spiro atoms. The van der Waals surface area contributed by atoms with Crippen LogP contribution < -0.4 is 5.32 Å². The lowest BCUT2D eigenvalue weighted by molar-refractivity contribution is 0.584. The standard InChI is InChI=1S/C14H9BrF2N2S/c1-20-13-4-2-3-12(9(13)7-18)19-14-10(15)5-8(16)6-11(14)17/h2-6,19H,1H3. The van der Waals surface area contributed by atoms with Crippen LogP contribution in [0.2, 0.25) is 0 Å². The van der Waals surface area contributed by atoms with Crippen molar-refractivity contribution in [2.24, 2.45) is 0 Å². The third-order valence-corrected chi connectivity index (χ3v) is 4.03. The summed E-state index contributed by atoms with van der Waals surface area (Å²) in [7, 11) is 0. The Morgan fingerprint density at radius 2 is 2.05 bits per heavy atom. The van der Waals surface area contributed by atoms with E-state index in [9.17, 15) is 14.0 Å². The van der Waals surface area contributed by atoms with Gasteiger partial charge in [-0.25, -0.2) is 8.78 Å². The number of halogens is 3. The fourth-order valence-electron chi connectivity index (χ4n) is 1.72. The van der Waals surface area contributed by atoms with Gasteiger partial charge in [0.25, 0.3) is 0 Å². The first-order valence-corrected chi connectivity index (χ1v) is 7.57. The number of rotatable bonds is 3. The Labute approximate surface area is 127 Å². The van der Waals surface area contributed by atoms with Crippen molar-refractivity contribution in [1.82, 2.24) is 0 Å². The topological polar surface area (TPSA) is 35.8 Å². The number of hydrogen-bond acceptors (Lipinski definition) is 3. The Morgan fingerprint density at radius 3 is 2.65 bits per heavy atom. The summed E-state index contributed by atoms with van der Waals surface area (Å²) in [5.74, 6) is -1.39. The summed E-state index contributed by atoms with van der Waals surface area (Å²) in [6.45, 7) is 0. The zero-order chi connectivity index (χ0) is 14.7. The van der Waals surface area contributed by atoms with Gasteiger partial charge in [0, 0.05) is 15.4 Å². The molecule has 0 saturated heterocycles. The van der Waals surface area contributed by atoms with Gasteiger partial charge in [-0.1, -0.05) is 6.07 Å². The maximum atomic E-state index is 13.8. The number of benzene rings is 2. The molecule has 0 unspecified atom stereocenters. The molecule has 0 bridgehead atoms. The Kier molecular flexibility index (Phi) is 4.63. The van der Waals surface area contributed by atoms with Crippen LogP contribution in [0.25, 0.3) is 0 Å². The monoisotopic (exact) mass is 354 g/mol. The van der Waals surface area contributed by atoms with Gasteiger partial charge in [0.05, 0.1) is 16.9 Å². The van der Waals surface area contributed by atoms with Crippen molar-refractivity contribution in [3.05, 3.63) is 52.0 Å². The van der Waals surface area contributed by atoms with Gasteiger partial charge in [-0.15, -0.1) is 11.8 Å². The first-order valence-electron chi connectivity index (χ1n) is 5.55. The fraction of sp³-hybridized carbons (Fsp3) is 0.0714. The van der Waals surface area contributed by atoms with Crippen LogP contribution in [0.5, 0.6) is 0 Å². The van der Waals surface area contributed by atoms with Gasteiger partial charge in [-0.2, -0.15) is 5.26 Å². The van der Waals surface area contributed by atoms with E-state index < -0.39 is 11.6 Å². The van der Waals surface area contributed by atoms with Crippen molar-refractivity contribution in [3.8, 4) is 6.07 Å². The van der Waals surface area contributed by atoms with E-state index in [-0.39, 0.29) is 10.2 Å². The largest absolute Gasteiger partial charge is 0.351 e. The minimum Gasteiger partial charge on any atom is -0.351 e. The highest BCUT2D eigenvalue weighted by Gasteiger charge is 2.13. The quantitative estimate of drug-likeness (QED) is 0.782. The molecule has 0 aromatic heterocycles. The van der Waals surface area contributed by atoms with Gasteiger partial charge in [0.1, 0.15) is 11.9 Å². The average molecular weight is 355 g/mol. The SMILES string of the molecule is CSc1cccc(Nc2c(F)cc(F)cc2Br)c1C#N. The van der Waals surface area contributed by atoms with Crippen molar-refractivity contribution in [3.63, 3.8) is 0 Å². The van der Waals surface area contributed by atoms with E-state index >= 15 is 0 Å². The third kappa shape index (κ3) is 2.94. The minimum absolute atomic E-state index is 0.0983. The fourth-order valence-corrected chi connectivity index (χ4v) is 2.80. The molecule has 2 rings (SSSR count). The second-order valence-corrected chi connectivity index (χ2v) is 5.57. The van der Waals surface area contributed by atoms with Crippen molar-refractivity contribution >= 4 is 39.1 Å². The van der Waals surface area contributed by atoms with Crippen molar-refractivity contribution in [1.29, 1.82) is 5.26 Å². The summed E-state index contributed by atoms with van der Waals surface area (Å²) < 4.78 is 27.1. The van der Waals surface area contributed by atoms with Crippen LogP contribution in [0, 0.1) is 23.0 Å². The van der Waals surface area contributed by atoms with E-state index in [1.165, 1.54) is 11.8 Å². The smallest absolute Gasteiger partial charge is 0.150 e. The summed E-state index contributed by atoms with van der Waals surface area (Å²) >= 11 is 4.53. The lowest BCUT2D eigenvalue weighted by Crippen LogP contribution is -1.99. The van der Waals surface area contributed by atoms with Crippen LogP contribution in [0.3, 0.4) is 0 Å². The van der Waals surface area contributed by atoms with E-state index in [2.05, 4.69) is 27.3 Å². The summed E-state index contributed by atoms with van der Waals surface area (Å²) in [5.41, 5.74) is 1.00. The molecule has 0 aliphatic heterocycles. The van der Waals surface area contributed by atoms with Gasteiger partial charge in [0.2, 0.25) is 0 Å². The van der Waals surface area contributed by atoms with Crippen LogP contribution in [-0.2, 0) is 0 Å². The average Bonchev–Trinajstić information content (AvgIpc) is 2.42. The molecule has 0 aliphatic carbocycles. The van der Waals surface area contributed by atoms with Crippen LogP contribution in [-0.4, -0.2) is 6.26 Å². The number of nitrogens with one attached hydrogen (secondary N) is 1. The van der Waals surface area contributed by atoms with Crippen molar-refractivity contribution in [2.75, 3.05) is 11.6 Å². The molecule has 0 heterocycles. The molecule has 2 aromatic rings. The van der Waals surface area contributed by atoms with Crippen LogP contribution in [0.15, 0.2) is 39.7 Å². The molecule has 2 aromatic carbocycles. The molecule has 20 heavy (non-hydrogen) atoms. The molecule has 102 valence electrons. The molecule has 0 fully saturated rings. The molecule has 0 radical (unpaired) electrons. The zero-order valence-electron chi connectivity index (χ0n) is 10.4. The highest BCUT2D eigenvalue weighted by molar-refractivity contribution is 9.10. The van der Waals surface area contributed by atoms with Gasteiger partial charge < -0.3 is 5.32 Å². The van der Waals surface area contributed by atoms with E-state index in [1.54, 1.807) is 12.1 Å². The lowest BCUT2D eigenvalue weighted by Gasteiger charge is -2.13. The Balaban J connectivity index is 2.49. The van der Waals surface area contributed by atoms with E-state index in [0.29, 0.717) is 11.3 Å². The Bertz CT molecular complexity index is 675. The Hall–Kier alpha value is -1.58. The molecule has 1 N–H and O–H groups in total. The first-order chi connectivity index (χ1) is 9.56. The number of hydrogen-bond donors (Lipinski definition) is 1. The maximum absolute atomic E-state index is 13.8. The van der Waals surface area contributed by atoms with E-state index in [1.807, 2.05) is 12.3 Å². The first kappa shape index (κ1) is 14.8. The van der Waals surface area contributed by atoms with Gasteiger partial charge >= 0.3 is 0 Å². The minimum atomic E-state index is -0.727. The predicted octanol–water partition coefficient (Wildman–Crippen LogP) is 5.06. The van der Waals surface area contributed by atoms with E-state index in [4.69, 9.17) is 0 Å². The summed E-state index contributed by atoms with van der Waals surface area (Å²) in [4.78, 5) is 0.788. The highest BCUT2D eigenvalue weighted by atomic mass is 79.9. The van der Waals surface area contributed by atoms with Crippen LogP contribution in [0.4, 0.5) is 20.2 Å². The van der Waals surface area contributed by atoms with Gasteiger partial charge in [-0.3, -0.25) is 0 Å². The molecule has 0 atom stereocenters.